The number of likely N-dealkylation sites (N-methyl/N-ethyl adjacent to an activating group) is 1. The standard InChI is InChI=1S/C13H17NO4/c1-9-4-3-5-10(8-9)12(13(17)18)14(2)7-6-11(15)16/h3-5,8,12H,6-7H2,1-2H3,(H,15,16)(H,17,18). The predicted octanol–water partition coefficient (Wildman–Crippen LogP) is 1.53. The largest absolute Gasteiger partial charge is 0.481 e. The van der Waals surface area contributed by atoms with Crippen molar-refractivity contribution in [3.8, 4) is 0 Å². The molecule has 0 fully saturated rings. The van der Waals surface area contributed by atoms with Gasteiger partial charge in [0.1, 0.15) is 6.04 Å². The second-order valence-corrected chi connectivity index (χ2v) is 4.28. The molecule has 0 saturated heterocycles. The van der Waals surface area contributed by atoms with Crippen molar-refractivity contribution in [1.29, 1.82) is 0 Å². The summed E-state index contributed by atoms with van der Waals surface area (Å²) in [5, 5.41) is 17.9. The lowest BCUT2D eigenvalue weighted by molar-refractivity contribution is -0.144. The van der Waals surface area contributed by atoms with E-state index in [4.69, 9.17) is 5.11 Å². The van der Waals surface area contributed by atoms with Crippen molar-refractivity contribution < 1.29 is 19.8 Å². The Kier molecular flexibility index (Phi) is 4.85. The molecule has 2 N–H and O–H groups in total. The number of rotatable bonds is 6. The third-order valence-corrected chi connectivity index (χ3v) is 2.71. The zero-order chi connectivity index (χ0) is 13.7. The van der Waals surface area contributed by atoms with E-state index in [1.165, 1.54) is 4.90 Å². The Labute approximate surface area is 106 Å². The average molecular weight is 251 g/mol. The number of carboxylic acid groups (broad SMARTS) is 2. The predicted molar refractivity (Wildman–Crippen MR) is 66.4 cm³/mol. The van der Waals surface area contributed by atoms with Gasteiger partial charge in [-0.3, -0.25) is 14.5 Å². The van der Waals surface area contributed by atoms with Gasteiger partial charge in [0, 0.05) is 6.54 Å². The van der Waals surface area contributed by atoms with Gasteiger partial charge in [0.15, 0.2) is 0 Å². The maximum absolute atomic E-state index is 11.3. The van der Waals surface area contributed by atoms with Gasteiger partial charge < -0.3 is 10.2 Å². The molecular formula is C13H17NO4. The molecule has 1 unspecified atom stereocenters. The molecule has 0 saturated carbocycles. The maximum atomic E-state index is 11.3. The van der Waals surface area contributed by atoms with Crippen LogP contribution in [0.25, 0.3) is 0 Å². The number of hydrogen-bond acceptors (Lipinski definition) is 3. The minimum atomic E-state index is -0.978. The van der Waals surface area contributed by atoms with E-state index < -0.39 is 18.0 Å². The van der Waals surface area contributed by atoms with Crippen LogP contribution in [0.3, 0.4) is 0 Å². The van der Waals surface area contributed by atoms with Gasteiger partial charge in [0.05, 0.1) is 6.42 Å². The highest BCUT2D eigenvalue weighted by Crippen LogP contribution is 2.20. The zero-order valence-electron chi connectivity index (χ0n) is 10.5. The van der Waals surface area contributed by atoms with Crippen LogP contribution in [0.2, 0.25) is 0 Å². The molecular weight excluding hydrogens is 234 g/mol. The van der Waals surface area contributed by atoms with Crippen molar-refractivity contribution in [3.05, 3.63) is 35.4 Å². The first-order chi connectivity index (χ1) is 8.41. The molecule has 1 rings (SSSR count). The van der Waals surface area contributed by atoms with Crippen LogP contribution in [0.15, 0.2) is 24.3 Å². The van der Waals surface area contributed by atoms with Crippen LogP contribution >= 0.6 is 0 Å². The van der Waals surface area contributed by atoms with Crippen LogP contribution in [-0.2, 0) is 9.59 Å². The molecule has 98 valence electrons. The van der Waals surface area contributed by atoms with E-state index in [-0.39, 0.29) is 13.0 Å². The van der Waals surface area contributed by atoms with E-state index in [0.29, 0.717) is 5.56 Å². The summed E-state index contributed by atoms with van der Waals surface area (Å²) in [6.07, 6.45) is -0.0773. The summed E-state index contributed by atoms with van der Waals surface area (Å²) in [7, 11) is 1.62. The fraction of sp³-hybridized carbons (Fsp3) is 0.385. The number of aliphatic carboxylic acids is 2. The molecule has 18 heavy (non-hydrogen) atoms. The molecule has 0 bridgehead atoms. The number of aryl methyl sites for hydroxylation is 1. The topological polar surface area (TPSA) is 77.8 Å². The molecule has 1 aromatic rings. The monoisotopic (exact) mass is 251 g/mol. The second-order valence-electron chi connectivity index (χ2n) is 4.28. The minimum absolute atomic E-state index is 0.0773. The van der Waals surface area contributed by atoms with Crippen LogP contribution in [0.5, 0.6) is 0 Å². The Hall–Kier alpha value is -1.88. The molecule has 1 aromatic carbocycles. The molecule has 0 radical (unpaired) electrons. The third kappa shape index (κ3) is 3.85. The summed E-state index contributed by atoms with van der Waals surface area (Å²) < 4.78 is 0. The van der Waals surface area contributed by atoms with E-state index >= 15 is 0 Å². The highest BCUT2D eigenvalue weighted by Gasteiger charge is 2.24. The smallest absolute Gasteiger partial charge is 0.325 e. The highest BCUT2D eigenvalue weighted by molar-refractivity contribution is 5.75. The van der Waals surface area contributed by atoms with Crippen LogP contribution in [0.1, 0.15) is 23.6 Å². The summed E-state index contributed by atoms with van der Waals surface area (Å²) in [5.41, 5.74) is 1.64. The van der Waals surface area contributed by atoms with Gasteiger partial charge in [0.25, 0.3) is 0 Å². The quantitative estimate of drug-likeness (QED) is 0.801. The number of benzene rings is 1. The molecule has 0 heterocycles. The van der Waals surface area contributed by atoms with E-state index in [2.05, 4.69) is 0 Å². The average Bonchev–Trinajstić information content (AvgIpc) is 2.26. The van der Waals surface area contributed by atoms with Crippen molar-refractivity contribution in [2.24, 2.45) is 0 Å². The molecule has 1 atom stereocenters. The lowest BCUT2D eigenvalue weighted by atomic mass is 10.0. The van der Waals surface area contributed by atoms with Crippen LogP contribution in [-0.4, -0.2) is 40.6 Å². The van der Waals surface area contributed by atoms with Crippen LogP contribution in [0, 0.1) is 6.92 Å². The Morgan fingerprint density at radius 1 is 1.33 bits per heavy atom. The van der Waals surface area contributed by atoms with Gasteiger partial charge in [-0.15, -0.1) is 0 Å². The summed E-state index contributed by atoms with van der Waals surface area (Å²) in [4.78, 5) is 23.4. The zero-order valence-corrected chi connectivity index (χ0v) is 10.5. The van der Waals surface area contributed by atoms with Gasteiger partial charge in [-0.25, -0.2) is 0 Å². The molecule has 0 aliphatic rings. The van der Waals surface area contributed by atoms with E-state index in [9.17, 15) is 14.7 Å². The Morgan fingerprint density at radius 2 is 2.00 bits per heavy atom. The maximum Gasteiger partial charge on any atom is 0.325 e. The first-order valence-corrected chi connectivity index (χ1v) is 5.63. The van der Waals surface area contributed by atoms with Crippen molar-refractivity contribution in [1.82, 2.24) is 4.90 Å². The van der Waals surface area contributed by atoms with Gasteiger partial charge >= 0.3 is 11.9 Å². The Morgan fingerprint density at radius 3 is 2.50 bits per heavy atom. The molecule has 0 aromatic heterocycles. The van der Waals surface area contributed by atoms with Crippen LogP contribution in [0.4, 0.5) is 0 Å². The van der Waals surface area contributed by atoms with Gasteiger partial charge in [-0.05, 0) is 19.5 Å². The summed E-state index contributed by atoms with van der Waals surface area (Å²) in [6, 6.07) is 6.41. The van der Waals surface area contributed by atoms with Crippen LogP contribution < -0.4 is 0 Å². The van der Waals surface area contributed by atoms with Crippen molar-refractivity contribution >= 4 is 11.9 Å². The lowest BCUT2D eigenvalue weighted by Gasteiger charge is -2.24. The normalized spacial score (nSPS) is 12.4. The van der Waals surface area contributed by atoms with E-state index in [1.54, 1.807) is 25.2 Å². The van der Waals surface area contributed by atoms with Crippen molar-refractivity contribution in [3.63, 3.8) is 0 Å². The Bertz CT molecular complexity index is 444. The molecule has 0 aliphatic heterocycles. The van der Waals surface area contributed by atoms with Gasteiger partial charge in [-0.2, -0.15) is 0 Å². The fourth-order valence-electron chi connectivity index (χ4n) is 1.83. The number of hydrogen-bond donors (Lipinski definition) is 2. The third-order valence-electron chi connectivity index (χ3n) is 2.71. The summed E-state index contributed by atoms with van der Waals surface area (Å²) in [5.74, 6) is -1.91. The SMILES string of the molecule is Cc1cccc(C(C(=O)O)N(C)CCC(=O)O)c1. The number of carbonyl (C=O) groups is 2. The lowest BCUT2D eigenvalue weighted by Crippen LogP contribution is -2.32. The van der Waals surface area contributed by atoms with E-state index in [1.807, 2.05) is 13.0 Å². The first kappa shape index (κ1) is 14.2. The number of carboxylic acids is 2. The fourth-order valence-corrected chi connectivity index (χ4v) is 1.83. The molecule has 0 spiro atoms. The van der Waals surface area contributed by atoms with Gasteiger partial charge in [0.2, 0.25) is 0 Å². The molecule has 5 heteroatoms. The summed E-state index contributed by atoms with van der Waals surface area (Å²) in [6.45, 7) is 2.08. The van der Waals surface area contributed by atoms with Gasteiger partial charge in [-0.1, -0.05) is 29.8 Å². The molecule has 0 amide bonds. The molecule has 0 aliphatic carbocycles. The molecule has 5 nitrogen and oxygen atoms in total. The first-order valence-electron chi connectivity index (χ1n) is 5.63. The van der Waals surface area contributed by atoms with Crippen molar-refractivity contribution in [2.45, 2.75) is 19.4 Å². The highest BCUT2D eigenvalue weighted by atomic mass is 16.4. The minimum Gasteiger partial charge on any atom is -0.481 e. The number of nitrogens with zero attached hydrogens (tertiary/aromatic N) is 1. The summed E-state index contributed by atoms with van der Waals surface area (Å²) >= 11 is 0. The van der Waals surface area contributed by atoms with E-state index in [0.717, 1.165) is 5.56 Å². The van der Waals surface area contributed by atoms with Crippen molar-refractivity contribution in [2.75, 3.05) is 13.6 Å². The Balaban J connectivity index is 2.89. The second kappa shape index (κ2) is 6.16.